The zero-order chi connectivity index (χ0) is 23.6. The van der Waals surface area contributed by atoms with Crippen molar-refractivity contribution in [2.45, 2.75) is 44.9 Å². The summed E-state index contributed by atoms with van der Waals surface area (Å²) in [5.41, 5.74) is 4.74. The second kappa shape index (κ2) is 7.91. The topological polar surface area (TPSA) is 66.9 Å². The molecule has 0 spiro atoms. The van der Waals surface area contributed by atoms with Crippen LogP contribution < -0.4 is 4.90 Å². The number of fused-ring (bicyclic) bond motifs is 5. The summed E-state index contributed by atoms with van der Waals surface area (Å²) >= 11 is 0. The summed E-state index contributed by atoms with van der Waals surface area (Å²) in [7, 11) is 0. The van der Waals surface area contributed by atoms with Crippen LogP contribution in [-0.4, -0.2) is 53.8 Å². The molecule has 3 fully saturated rings. The van der Waals surface area contributed by atoms with Crippen LogP contribution in [0.1, 0.15) is 41.3 Å². The number of Topliss-reactive ketones (excluding diaryl/α,β-unsaturated/α-hetero) is 1. The third-order valence-electron chi connectivity index (χ3n) is 7.83. The molecule has 2 aromatic rings. The van der Waals surface area contributed by atoms with Gasteiger partial charge < -0.3 is 9.64 Å². The number of carbonyl (C=O) groups excluding carboxylic acids is 3. The van der Waals surface area contributed by atoms with Gasteiger partial charge in [0.2, 0.25) is 11.8 Å². The number of likely N-dealkylation sites (tertiary alicyclic amines) is 1. The number of carbonyl (C=O) groups is 3. The van der Waals surface area contributed by atoms with E-state index < -0.39 is 17.9 Å². The molecule has 0 unspecified atom stereocenters. The minimum absolute atomic E-state index is 0.113. The van der Waals surface area contributed by atoms with E-state index in [-0.39, 0.29) is 36.3 Å². The smallest absolute Gasteiger partial charge is 0.235 e. The van der Waals surface area contributed by atoms with E-state index in [1.54, 1.807) is 12.1 Å². The van der Waals surface area contributed by atoms with Crippen molar-refractivity contribution in [3.8, 4) is 0 Å². The van der Waals surface area contributed by atoms with Crippen molar-refractivity contribution in [3.05, 3.63) is 71.3 Å². The number of benzene rings is 2. The van der Waals surface area contributed by atoms with Gasteiger partial charge in [0.05, 0.1) is 30.5 Å². The second-order valence-electron chi connectivity index (χ2n) is 9.92. The highest BCUT2D eigenvalue weighted by Crippen LogP contribution is 2.50. The third-order valence-corrected chi connectivity index (χ3v) is 7.83. The molecule has 34 heavy (non-hydrogen) atoms. The summed E-state index contributed by atoms with van der Waals surface area (Å²) in [6.45, 7) is 5.03. The SMILES string of the molecule is CC1=C[C@@H]2[C@@H]3C(=O)N(C[C@@H]4CCCO4)C(=O)[C@H]3[C@H](C(=O)c3ccccc3)N2c2ccc(C)cc21. The number of amides is 2. The van der Waals surface area contributed by atoms with Crippen molar-refractivity contribution in [1.82, 2.24) is 4.90 Å². The molecule has 0 saturated carbocycles. The van der Waals surface area contributed by atoms with E-state index in [4.69, 9.17) is 4.74 Å². The van der Waals surface area contributed by atoms with Crippen LogP contribution in [0.4, 0.5) is 5.69 Å². The van der Waals surface area contributed by atoms with Crippen LogP contribution in [0.2, 0.25) is 0 Å². The van der Waals surface area contributed by atoms with E-state index >= 15 is 0 Å². The summed E-state index contributed by atoms with van der Waals surface area (Å²) < 4.78 is 5.72. The highest BCUT2D eigenvalue weighted by atomic mass is 16.5. The minimum atomic E-state index is -0.728. The van der Waals surface area contributed by atoms with E-state index in [1.807, 2.05) is 49.1 Å². The molecule has 3 saturated heterocycles. The molecule has 5 atom stereocenters. The molecule has 4 heterocycles. The monoisotopic (exact) mass is 456 g/mol. The Balaban J connectivity index is 1.46. The third kappa shape index (κ3) is 3.08. The zero-order valence-electron chi connectivity index (χ0n) is 19.4. The lowest BCUT2D eigenvalue weighted by molar-refractivity contribution is -0.142. The van der Waals surface area contributed by atoms with Crippen LogP contribution in [0.5, 0.6) is 0 Å². The number of allylic oxidation sites excluding steroid dienone is 1. The van der Waals surface area contributed by atoms with Crippen molar-refractivity contribution in [3.63, 3.8) is 0 Å². The fraction of sp³-hybridized carbons (Fsp3) is 0.393. The van der Waals surface area contributed by atoms with Crippen molar-refractivity contribution in [1.29, 1.82) is 0 Å². The first-order valence-electron chi connectivity index (χ1n) is 12.1. The minimum Gasteiger partial charge on any atom is -0.376 e. The number of ketones is 1. The molecule has 2 amide bonds. The van der Waals surface area contributed by atoms with Gasteiger partial charge in [0.25, 0.3) is 0 Å². The van der Waals surface area contributed by atoms with Crippen LogP contribution in [0.3, 0.4) is 0 Å². The standard InChI is InChI=1S/C28H28N2O4/c1-16-10-11-21-20(13-16)17(2)14-22-23-24(25(30(21)22)26(31)18-7-4-3-5-8-18)28(33)29(27(23)32)15-19-9-6-12-34-19/h3-5,7-8,10-11,13-14,19,22-25H,6,9,12,15H2,1-2H3/t19-,22+,23-,24+,25+/m0/s1. The predicted molar refractivity (Wildman–Crippen MR) is 128 cm³/mol. The quantitative estimate of drug-likeness (QED) is 0.519. The summed E-state index contributed by atoms with van der Waals surface area (Å²) in [4.78, 5) is 44.8. The average molecular weight is 457 g/mol. The summed E-state index contributed by atoms with van der Waals surface area (Å²) in [6, 6.07) is 14.2. The van der Waals surface area contributed by atoms with Gasteiger partial charge in [0.1, 0.15) is 6.04 Å². The van der Waals surface area contributed by atoms with Crippen molar-refractivity contribution in [2.24, 2.45) is 11.8 Å². The molecule has 0 bridgehead atoms. The number of imide groups is 1. The van der Waals surface area contributed by atoms with Gasteiger partial charge in [0, 0.05) is 23.4 Å². The van der Waals surface area contributed by atoms with Gasteiger partial charge in [0.15, 0.2) is 5.78 Å². The Morgan fingerprint density at radius 1 is 1.03 bits per heavy atom. The van der Waals surface area contributed by atoms with E-state index in [2.05, 4.69) is 12.1 Å². The number of rotatable bonds is 4. The van der Waals surface area contributed by atoms with Gasteiger partial charge >= 0.3 is 0 Å². The second-order valence-corrected chi connectivity index (χ2v) is 9.92. The molecule has 2 aromatic carbocycles. The lowest BCUT2D eigenvalue weighted by Crippen LogP contribution is -2.49. The summed E-state index contributed by atoms with van der Waals surface area (Å²) in [5, 5.41) is 0. The highest BCUT2D eigenvalue weighted by molar-refractivity contribution is 6.14. The maximum absolute atomic E-state index is 13.9. The van der Waals surface area contributed by atoms with Gasteiger partial charge in [-0.25, -0.2) is 0 Å². The molecule has 6 rings (SSSR count). The maximum Gasteiger partial charge on any atom is 0.235 e. The van der Waals surface area contributed by atoms with Gasteiger partial charge in [-0.05, 0) is 44.4 Å². The van der Waals surface area contributed by atoms with E-state index in [0.29, 0.717) is 12.2 Å². The zero-order valence-corrected chi connectivity index (χ0v) is 19.4. The number of aryl methyl sites for hydroxylation is 1. The first-order valence-corrected chi connectivity index (χ1v) is 12.1. The first-order chi connectivity index (χ1) is 16.5. The molecule has 0 aliphatic carbocycles. The highest BCUT2D eigenvalue weighted by Gasteiger charge is 2.64. The molecule has 0 aromatic heterocycles. The lowest BCUT2D eigenvalue weighted by Gasteiger charge is -2.38. The van der Waals surface area contributed by atoms with Gasteiger partial charge in [-0.1, -0.05) is 48.0 Å². The molecule has 6 nitrogen and oxygen atoms in total. The molecular weight excluding hydrogens is 428 g/mol. The number of hydrogen-bond acceptors (Lipinski definition) is 5. The van der Waals surface area contributed by atoms with Crippen LogP contribution in [-0.2, 0) is 14.3 Å². The summed E-state index contributed by atoms with van der Waals surface area (Å²) in [5.74, 6) is -1.81. The average Bonchev–Trinajstić information content (AvgIpc) is 3.53. The van der Waals surface area contributed by atoms with Crippen molar-refractivity contribution >= 4 is 28.9 Å². The van der Waals surface area contributed by atoms with E-state index in [0.717, 1.165) is 35.2 Å². The molecule has 4 aliphatic heterocycles. The molecule has 0 radical (unpaired) electrons. The number of anilines is 1. The molecular formula is C28H28N2O4. The Hall–Kier alpha value is -3.25. The van der Waals surface area contributed by atoms with Gasteiger partial charge in [-0.3, -0.25) is 19.3 Å². The first kappa shape index (κ1) is 21.3. The van der Waals surface area contributed by atoms with Crippen LogP contribution in [0.15, 0.2) is 54.6 Å². The normalized spacial score (nSPS) is 29.7. The van der Waals surface area contributed by atoms with Crippen LogP contribution in [0, 0.1) is 18.8 Å². The molecule has 6 heteroatoms. The molecule has 4 aliphatic rings. The molecule has 0 N–H and O–H groups in total. The Morgan fingerprint density at radius 3 is 2.53 bits per heavy atom. The largest absolute Gasteiger partial charge is 0.376 e. The van der Waals surface area contributed by atoms with E-state index in [9.17, 15) is 14.4 Å². The number of hydrogen-bond donors (Lipinski definition) is 0. The Labute approximate surface area is 199 Å². The van der Waals surface area contributed by atoms with Crippen molar-refractivity contribution in [2.75, 3.05) is 18.1 Å². The van der Waals surface area contributed by atoms with Crippen molar-refractivity contribution < 1.29 is 19.1 Å². The maximum atomic E-state index is 13.9. The fourth-order valence-corrected chi connectivity index (χ4v) is 6.26. The fourth-order valence-electron chi connectivity index (χ4n) is 6.26. The van der Waals surface area contributed by atoms with Gasteiger partial charge in [-0.2, -0.15) is 0 Å². The van der Waals surface area contributed by atoms with E-state index in [1.165, 1.54) is 4.90 Å². The van der Waals surface area contributed by atoms with Crippen LogP contribution in [0.25, 0.3) is 5.57 Å². The molecule has 174 valence electrons. The summed E-state index contributed by atoms with van der Waals surface area (Å²) in [6.07, 6.45) is 3.76. The number of nitrogens with zero attached hydrogens (tertiary/aromatic N) is 2. The van der Waals surface area contributed by atoms with Crippen LogP contribution >= 0.6 is 0 Å². The predicted octanol–water partition coefficient (Wildman–Crippen LogP) is 3.63. The Kier molecular flexibility index (Phi) is 4.96. The lowest BCUT2D eigenvalue weighted by atomic mass is 9.85. The Morgan fingerprint density at radius 2 is 1.79 bits per heavy atom. The van der Waals surface area contributed by atoms with Gasteiger partial charge in [-0.15, -0.1) is 0 Å². The number of ether oxygens (including phenoxy) is 1. The Bertz CT molecular complexity index is 1210.